The number of rotatable bonds is 4. The number of benzene rings is 1. The highest BCUT2D eigenvalue weighted by Gasteiger charge is 2.28. The van der Waals surface area contributed by atoms with Gasteiger partial charge in [0.25, 0.3) is 0 Å². The number of nitrogens with one attached hydrogen (secondary N) is 2. The van der Waals surface area contributed by atoms with Crippen LogP contribution in [0.25, 0.3) is 0 Å². The van der Waals surface area contributed by atoms with Crippen LogP contribution in [0.15, 0.2) is 18.2 Å². The molecule has 19 heavy (non-hydrogen) atoms. The molecule has 0 bridgehead atoms. The summed E-state index contributed by atoms with van der Waals surface area (Å²) in [5.41, 5.74) is -0.986. The summed E-state index contributed by atoms with van der Waals surface area (Å²) in [6.45, 7) is 2.70. The predicted octanol–water partition coefficient (Wildman–Crippen LogP) is 2.14. The zero-order chi connectivity index (χ0) is 14.6. The summed E-state index contributed by atoms with van der Waals surface area (Å²) in [6.07, 6.45) is 0. The summed E-state index contributed by atoms with van der Waals surface area (Å²) >= 11 is 5.83. The van der Waals surface area contributed by atoms with Crippen molar-refractivity contribution in [1.29, 1.82) is 0 Å². The van der Waals surface area contributed by atoms with Crippen molar-refractivity contribution in [3.8, 4) is 0 Å². The largest absolute Gasteiger partial charge is 0.480 e. The summed E-state index contributed by atoms with van der Waals surface area (Å²) in [7, 11) is 0. The van der Waals surface area contributed by atoms with Crippen molar-refractivity contribution in [1.82, 2.24) is 10.6 Å². The molecule has 3 N–H and O–H groups in total. The zero-order valence-electron chi connectivity index (χ0n) is 10.5. The molecule has 1 aromatic carbocycles. The molecule has 0 saturated heterocycles. The van der Waals surface area contributed by atoms with Gasteiger partial charge >= 0.3 is 12.0 Å². The van der Waals surface area contributed by atoms with Gasteiger partial charge in [0.05, 0.1) is 0 Å². The number of halogens is 2. The number of carboxylic acids is 1. The number of hydrogen-bond donors (Lipinski definition) is 3. The Balaban J connectivity index is 2.60. The molecule has 0 fully saturated rings. The number of aliphatic carboxylic acids is 1. The molecule has 0 heterocycles. The normalized spacial score (nSPS) is 10.9. The second-order valence-electron chi connectivity index (χ2n) is 4.47. The topological polar surface area (TPSA) is 78.4 Å². The Morgan fingerprint density at radius 1 is 1.42 bits per heavy atom. The van der Waals surface area contributed by atoms with Gasteiger partial charge in [0.1, 0.15) is 11.4 Å². The maximum Gasteiger partial charge on any atom is 0.328 e. The Labute approximate surface area is 114 Å². The van der Waals surface area contributed by atoms with Crippen LogP contribution >= 0.6 is 11.6 Å². The molecule has 0 aliphatic rings. The Morgan fingerprint density at radius 3 is 2.63 bits per heavy atom. The van der Waals surface area contributed by atoms with Crippen LogP contribution in [0.2, 0.25) is 5.02 Å². The number of carboxylic acid groups (broad SMARTS) is 1. The van der Waals surface area contributed by atoms with Gasteiger partial charge in [0.2, 0.25) is 0 Å². The van der Waals surface area contributed by atoms with Gasteiger partial charge in [-0.3, -0.25) is 0 Å². The molecule has 0 saturated carbocycles. The standard InChI is InChI=1S/C12H14ClFN2O3/c1-12(2,10(17)18)16-11(19)15-6-7-5-8(14)3-4-9(7)13/h3-5H,6H2,1-2H3,(H,17,18)(H2,15,16,19). The molecule has 0 aromatic heterocycles. The fourth-order valence-electron chi connectivity index (χ4n) is 1.24. The first-order valence-corrected chi connectivity index (χ1v) is 5.83. The van der Waals surface area contributed by atoms with Crippen LogP contribution in [0.5, 0.6) is 0 Å². The summed E-state index contributed by atoms with van der Waals surface area (Å²) in [5, 5.41) is 13.8. The lowest BCUT2D eigenvalue weighted by molar-refractivity contribution is -0.142. The number of carbonyl (C=O) groups is 2. The zero-order valence-corrected chi connectivity index (χ0v) is 11.2. The average Bonchev–Trinajstić information content (AvgIpc) is 2.29. The lowest BCUT2D eigenvalue weighted by atomic mass is 10.1. The van der Waals surface area contributed by atoms with Crippen molar-refractivity contribution < 1.29 is 19.1 Å². The van der Waals surface area contributed by atoms with Crippen LogP contribution < -0.4 is 10.6 Å². The lowest BCUT2D eigenvalue weighted by Gasteiger charge is -2.21. The molecule has 1 aromatic rings. The minimum atomic E-state index is -1.39. The van der Waals surface area contributed by atoms with E-state index in [2.05, 4.69) is 10.6 Å². The van der Waals surface area contributed by atoms with Crippen LogP contribution in [0.1, 0.15) is 19.4 Å². The molecule has 104 valence electrons. The highest BCUT2D eigenvalue weighted by molar-refractivity contribution is 6.31. The van der Waals surface area contributed by atoms with Gasteiger partial charge in [0.15, 0.2) is 0 Å². The first-order chi connectivity index (χ1) is 8.72. The minimum absolute atomic E-state index is 0.00186. The third-order valence-corrected chi connectivity index (χ3v) is 2.78. The van der Waals surface area contributed by atoms with E-state index < -0.39 is 23.4 Å². The van der Waals surface area contributed by atoms with Gasteiger partial charge in [-0.1, -0.05) is 11.6 Å². The van der Waals surface area contributed by atoms with E-state index in [0.717, 1.165) is 0 Å². The summed E-state index contributed by atoms with van der Waals surface area (Å²) in [6, 6.07) is 3.12. The van der Waals surface area contributed by atoms with Gasteiger partial charge in [-0.2, -0.15) is 0 Å². The monoisotopic (exact) mass is 288 g/mol. The quantitative estimate of drug-likeness (QED) is 0.794. The molecule has 2 amide bonds. The van der Waals surface area contributed by atoms with Crippen molar-refractivity contribution >= 4 is 23.6 Å². The second kappa shape index (κ2) is 5.88. The predicted molar refractivity (Wildman–Crippen MR) is 68.5 cm³/mol. The fraction of sp³-hybridized carbons (Fsp3) is 0.333. The summed E-state index contributed by atoms with van der Waals surface area (Å²) in [4.78, 5) is 22.3. The van der Waals surface area contributed by atoms with Crippen molar-refractivity contribution in [2.45, 2.75) is 25.9 Å². The van der Waals surface area contributed by atoms with Crippen molar-refractivity contribution in [2.75, 3.05) is 0 Å². The Morgan fingerprint density at radius 2 is 2.05 bits per heavy atom. The molecule has 1 rings (SSSR count). The van der Waals surface area contributed by atoms with Crippen LogP contribution in [0.3, 0.4) is 0 Å². The molecule has 0 aliphatic heterocycles. The van der Waals surface area contributed by atoms with Gasteiger partial charge in [-0.05, 0) is 37.6 Å². The van der Waals surface area contributed by atoms with E-state index in [1.165, 1.54) is 32.0 Å². The molecule has 0 spiro atoms. The summed E-state index contributed by atoms with van der Waals surface area (Å²) in [5.74, 6) is -1.63. The van der Waals surface area contributed by atoms with Crippen LogP contribution in [-0.2, 0) is 11.3 Å². The minimum Gasteiger partial charge on any atom is -0.480 e. The number of amides is 2. The number of urea groups is 1. The number of hydrogen-bond acceptors (Lipinski definition) is 2. The van der Waals surface area contributed by atoms with E-state index in [1.54, 1.807) is 0 Å². The molecule has 0 aliphatic carbocycles. The molecule has 5 nitrogen and oxygen atoms in total. The highest BCUT2D eigenvalue weighted by Crippen LogP contribution is 2.16. The van der Waals surface area contributed by atoms with Gasteiger partial charge in [0, 0.05) is 11.6 Å². The smallest absolute Gasteiger partial charge is 0.328 e. The van der Waals surface area contributed by atoms with Crippen LogP contribution in [0.4, 0.5) is 9.18 Å². The van der Waals surface area contributed by atoms with Crippen molar-refractivity contribution in [3.63, 3.8) is 0 Å². The molecule has 7 heteroatoms. The molecule has 0 atom stereocenters. The average molecular weight is 289 g/mol. The number of carbonyl (C=O) groups excluding carboxylic acids is 1. The molecule has 0 radical (unpaired) electrons. The molecular formula is C12H14ClFN2O3. The van der Waals surface area contributed by atoms with Gasteiger partial charge < -0.3 is 15.7 Å². The van der Waals surface area contributed by atoms with E-state index in [0.29, 0.717) is 10.6 Å². The van der Waals surface area contributed by atoms with E-state index in [9.17, 15) is 14.0 Å². The Kier molecular flexibility index (Phi) is 4.72. The van der Waals surface area contributed by atoms with Crippen molar-refractivity contribution in [2.24, 2.45) is 0 Å². The van der Waals surface area contributed by atoms with Crippen LogP contribution in [-0.4, -0.2) is 22.6 Å². The van der Waals surface area contributed by atoms with E-state index in [1.807, 2.05) is 0 Å². The van der Waals surface area contributed by atoms with Gasteiger partial charge in [-0.25, -0.2) is 14.0 Å². The first-order valence-electron chi connectivity index (χ1n) is 5.45. The Hall–Kier alpha value is -1.82. The third kappa shape index (κ3) is 4.40. The molecule has 0 unspecified atom stereocenters. The highest BCUT2D eigenvalue weighted by atomic mass is 35.5. The Bertz CT molecular complexity index is 506. The first kappa shape index (κ1) is 15.2. The fourth-order valence-corrected chi connectivity index (χ4v) is 1.42. The summed E-state index contributed by atoms with van der Waals surface area (Å²) < 4.78 is 13.0. The maximum atomic E-state index is 13.0. The van der Waals surface area contributed by atoms with E-state index >= 15 is 0 Å². The SMILES string of the molecule is CC(C)(NC(=O)NCc1cc(F)ccc1Cl)C(=O)O. The van der Waals surface area contributed by atoms with E-state index in [-0.39, 0.29) is 6.54 Å². The lowest BCUT2D eigenvalue weighted by Crippen LogP contribution is -2.53. The van der Waals surface area contributed by atoms with Crippen LogP contribution in [0, 0.1) is 5.82 Å². The second-order valence-corrected chi connectivity index (χ2v) is 4.88. The third-order valence-electron chi connectivity index (χ3n) is 2.41. The molecular weight excluding hydrogens is 275 g/mol. The maximum absolute atomic E-state index is 13.0. The van der Waals surface area contributed by atoms with Gasteiger partial charge in [-0.15, -0.1) is 0 Å². The van der Waals surface area contributed by atoms with E-state index in [4.69, 9.17) is 16.7 Å². The van der Waals surface area contributed by atoms with Crippen molar-refractivity contribution in [3.05, 3.63) is 34.6 Å².